The van der Waals surface area contributed by atoms with Crippen molar-refractivity contribution in [3.8, 4) is 5.75 Å². The normalized spacial score (nSPS) is 35.2. The fourth-order valence-electron chi connectivity index (χ4n) is 9.96. The van der Waals surface area contributed by atoms with E-state index in [1.54, 1.807) is 13.0 Å². The van der Waals surface area contributed by atoms with Crippen molar-refractivity contribution in [1.82, 2.24) is 9.62 Å². The van der Waals surface area contributed by atoms with Gasteiger partial charge in [-0.05, 0) is 150 Å². The summed E-state index contributed by atoms with van der Waals surface area (Å²) in [7, 11) is -1.74. The van der Waals surface area contributed by atoms with Crippen molar-refractivity contribution in [3.05, 3.63) is 58.1 Å². The van der Waals surface area contributed by atoms with Gasteiger partial charge in [0.05, 0.1) is 23.1 Å². The number of carbonyl (C=O) groups is 1. The molecule has 2 N–H and O–H groups in total. The molecular weight excluding hydrogens is 658 g/mol. The van der Waals surface area contributed by atoms with Crippen LogP contribution in [0.3, 0.4) is 0 Å². The fraction of sp³-hybridized carbons (Fsp3) is 0.667. The molecule has 2 aromatic carbocycles. The number of nitrogens with one attached hydrogen (secondary N) is 1. The number of amides is 1. The molecule has 3 heterocycles. The van der Waals surface area contributed by atoms with Crippen LogP contribution in [0.1, 0.15) is 99.5 Å². The Morgan fingerprint density at radius 3 is 2.63 bits per heavy atom. The summed E-state index contributed by atoms with van der Waals surface area (Å²) in [5.74, 6) is 0.837. The molecule has 5 aliphatic rings. The van der Waals surface area contributed by atoms with Gasteiger partial charge in [-0.2, -0.15) is 0 Å². The second-order valence-electron chi connectivity index (χ2n) is 16.4. The van der Waals surface area contributed by atoms with Crippen LogP contribution in [0.4, 0.5) is 5.69 Å². The number of ether oxygens (including phenoxy) is 1. The lowest BCUT2D eigenvalue weighted by molar-refractivity contribution is -0.106. The Kier molecular flexibility index (Phi) is 9.78. The van der Waals surface area contributed by atoms with Gasteiger partial charge in [-0.1, -0.05) is 31.0 Å². The summed E-state index contributed by atoms with van der Waals surface area (Å²) in [5, 5.41) is 12.8. The molecule has 10 heteroatoms. The molecule has 7 atom stereocenters. The minimum atomic E-state index is -3.93. The number of likely N-dealkylation sites (tertiary alicyclic amines) is 1. The van der Waals surface area contributed by atoms with Crippen molar-refractivity contribution < 1.29 is 23.1 Å². The number of nitrogens with zero attached hydrogens (tertiary/aromatic N) is 2. The van der Waals surface area contributed by atoms with Gasteiger partial charge in [0, 0.05) is 35.6 Å². The van der Waals surface area contributed by atoms with Crippen LogP contribution in [-0.2, 0) is 21.9 Å². The van der Waals surface area contributed by atoms with Crippen molar-refractivity contribution >= 4 is 33.2 Å². The van der Waals surface area contributed by atoms with E-state index in [2.05, 4.69) is 33.7 Å². The predicted molar refractivity (Wildman–Crippen MR) is 195 cm³/mol. The summed E-state index contributed by atoms with van der Waals surface area (Å²) in [4.78, 5) is 18.4. The topological polar surface area (TPSA) is 99.2 Å². The van der Waals surface area contributed by atoms with E-state index in [0.717, 1.165) is 88.1 Å². The van der Waals surface area contributed by atoms with Gasteiger partial charge in [0.25, 0.3) is 5.91 Å². The molecule has 2 bridgehead atoms. The van der Waals surface area contributed by atoms with E-state index in [-0.39, 0.29) is 17.3 Å². The Morgan fingerprint density at radius 1 is 1.02 bits per heavy atom. The molecule has 1 amide bonds. The largest absolute Gasteiger partial charge is 0.490 e. The van der Waals surface area contributed by atoms with E-state index in [1.807, 2.05) is 25.1 Å². The molecule has 0 aromatic heterocycles. The van der Waals surface area contributed by atoms with Gasteiger partial charge < -0.3 is 19.6 Å². The highest BCUT2D eigenvalue weighted by Gasteiger charge is 2.49. The summed E-state index contributed by atoms with van der Waals surface area (Å²) in [6.07, 6.45) is 10.2. The standard InChI is InChI=1S/C39H54ClN3O5S/c1-26-7-4-17-39(45,21-28-8-6-18-42(3)22-28)34-13-10-31(34)23-43-24-38(16-5-9-29-19-32(40)12-14-33(29)38)25-48-36-15-11-30(20-35(36)43)37(44)41-49(46,47)27(26)2/h11-12,14-15,19-20,26-28,31,34,45H,4-10,13,16-18,21-25H2,1-3H3,(H,41,44)/t26-,27+,28?,31-,34+,38-,39-/m0/s1. The first-order chi connectivity index (χ1) is 23.4. The summed E-state index contributed by atoms with van der Waals surface area (Å²) < 4.78 is 36.1. The van der Waals surface area contributed by atoms with Crippen LogP contribution in [-0.4, -0.2) is 75.0 Å². The van der Waals surface area contributed by atoms with Crippen molar-refractivity contribution in [1.29, 1.82) is 0 Å². The first-order valence-corrected chi connectivity index (χ1v) is 20.6. The third kappa shape index (κ3) is 6.98. The number of aliphatic hydroxyl groups is 1. The lowest BCUT2D eigenvalue weighted by Gasteiger charge is -2.51. The second kappa shape index (κ2) is 13.7. The Balaban J connectivity index is 1.29. The molecule has 3 aliphatic heterocycles. The Hall–Kier alpha value is -2.33. The highest BCUT2D eigenvalue weighted by atomic mass is 35.5. The van der Waals surface area contributed by atoms with Crippen LogP contribution in [0.2, 0.25) is 5.02 Å². The van der Waals surface area contributed by atoms with E-state index in [4.69, 9.17) is 16.3 Å². The summed E-state index contributed by atoms with van der Waals surface area (Å²) >= 11 is 6.47. The van der Waals surface area contributed by atoms with Crippen molar-refractivity contribution in [2.75, 3.05) is 44.7 Å². The van der Waals surface area contributed by atoms with Crippen LogP contribution >= 0.6 is 11.6 Å². The van der Waals surface area contributed by atoms with Gasteiger partial charge in [-0.3, -0.25) is 4.79 Å². The Bertz CT molecular complexity index is 1670. The molecule has 2 aliphatic carbocycles. The smallest absolute Gasteiger partial charge is 0.264 e. The maximum Gasteiger partial charge on any atom is 0.264 e. The zero-order chi connectivity index (χ0) is 34.6. The monoisotopic (exact) mass is 711 g/mol. The number of halogens is 1. The Morgan fingerprint density at radius 2 is 1.86 bits per heavy atom. The first kappa shape index (κ1) is 35.1. The minimum absolute atomic E-state index is 0.164. The van der Waals surface area contributed by atoms with E-state index < -0.39 is 26.8 Å². The number of hydrogen-bond acceptors (Lipinski definition) is 7. The number of anilines is 1. The summed E-state index contributed by atoms with van der Waals surface area (Å²) in [5.41, 5.74) is 2.59. The number of piperidine rings is 1. The average molecular weight is 712 g/mol. The SMILES string of the molecule is C[C@@H]1[C@@H](C)CCC[C@](O)(CC2CCCN(C)C2)[C@@H]2CC[C@H]2CN2C[C@@]3(CCCc4cc(Cl)ccc43)COc3ccc(cc32)C(=O)NS1(=O)=O. The van der Waals surface area contributed by atoms with Gasteiger partial charge in [0.15, 0.2) is 0 Å². The number of benzene rings is 2. The zero-order valence-corrected chi connectivity index (χ0v) is 31.0. The zero-order valence-electron chi connectivity index (χ0n) is 29.4. The van der Waals surface area contributed by atoms with Crippen LogP contribution in [0.15, 0.2) is 36.4 Å². The maximum absolute atomic E-state index is 13.6. The quantitative estimate of drug-likeness (QED) is 0.364. The minimum Gasteiger partial charge on any atom is -0.490 e. The number of hydrogen-bond donors (Lipinski definition) is 2. The molecule has 268 valence electrons. The van der Waals surface area contributed by atoms with E-state index in [0.29, 0.717) is 49.1 Å². The molecule has 1 unspecified atom stereocenters. The third-order valence-electron chi connectivity index (χ3n) is 13.0. The number of sulfonamides is 1. The van der Waals surface area contributed by atoms with Crippen LogP contribution < -0.4 is 14.4 Å². The van der Waals surface area contributed by atoms with Gasteiger partial charge >= 0.3 is 0 Å². The average Bonchev–Trinajstić information content (AvgIpc) is 3.18. The third-order valence-corrected chi connectivity index (χ3v) is 15.2. The molecule has 8 nitrogen and oxygen atoms in total. The van der Waals surface area contributed by atoms with Gasteiger partial charge in [-0.25, -0.2) is 13.1 Å². The molecule has 49 heavy (non-hydrogen) atoms. The van der Waals surface area contributed by atoms with Gasteiger partial charge in [0.2, 0.25) is 10.0 Å². The highest BCUT2D eigenvalue weighted by molar-refractivity contribution is 7.90. The van der Waals surface area contributed by atoms with Crippen LogP contribution in [0.5, 0.6) is 5.75 Å². The molecule has 0 radical (unpaired) electrons. The molecule has 1 spiro atoms. The fourth-order valence-corrected chi connectivity index (χ4v) is 11.5. The number of carbonyl (C=O) groups excluding carboxylic acids is 1. The molecular formula is C39H54ClN3O5S. The number of aryl methyl sites for hydroxylation is 1. The lowest BCUT2D eigenvalue weighted by Crippen LogP contribution is -2.54. The maximum atomic E-state index is 13.6. The van der Waals surface area contributed by atoms with E-state index in [1.165, 1.54) is 11.1 Å². The summed E-state index contributed by atoms with van der Waals surface area (Å²) in [6.45, 7) is 7.72. The Labute approximate surface area is 298 Å². The van der Waals surface area contributed by atoms with Crippen LogP contribution in [0, 0.1) is 23.7 Å². The first-order valence-electron chi connectivity index (χ1n) is 18.6. The van der Waals surface area contributed by atoms with Gasteiger partial charge in [0.1, 0.15) is 5.75 Å². The van der Waals surface area contributed by atoms with Crippen molar-refractivity contribution in [3.63, 3.8) is 0 Å². The van der Waals surface area contributed by atoms with E-state index >= 15 is 0 Å². The number of fused-ring (bicyclic) bond motifs is 4. The molecule has 2 aromatic rings. The van der Waals surface area contributed by atoms with Crippen LogP contribution in [0.25, 0.3) is 0 Å². The predicted octanol–water partition coefficient (Wildman–Crippen LogP) is 6.57. The lowest BCUT2D eigenvalue weighted by atomic mass is 9.60. The van der Waals surface area contributed by atoms with Gasteiger partial charge in [-0.15, -0.1) is 0 Å². The second-order valence-corrected chi connectivity index (χ2v) is 18.8. The molecule has 2 fully saturated rings. The molecule has 1 saturated heterocycles. The van der Waals surface area contributed by atoms with Crippen molar-refractivity contribution in [2.24, 2.45) is 23.7 Å². The van der Waals surface area contributed by atoms with Crippen molar-refractivity contribution in [2.45, 2.75) is 101 Å². The van der Waals surface area contributed by atoms with E-state index in [9.17, 15) is 18.3 Å². The summed E-state index contributed by atoms with van der Waals surface area (Å²) in [6, 6.07) is 11.6. The molecule has 1 saturated carbocycles. The number of rotatable bonds is 2. The molecule has 7 rings (SSSR count). The highest BCUT2D eigenvalue weighted by Crippen LogP contribution is 2.50.